The molecule has 0 aliphatic carbocycles. The number of aromatic amines is 1. The lowest BCUT2D eigenvalue weighted by atomic mass is 10.0. The highest BCUT2D eigenvalue weighted by atomic mass is 16.5. The molecule has 6 N–H and O–H groups in total. The number of hydrogen-bond acceptors (Lipinski definition) is 8. The maximum absolute atomic E-state index is 13.6. The van der Waals surface area contributed by atoms with Crippen LogP contribution < -0.4 is 31.3 Å². The molecule has 0 fully saturated rings. The number of carbonyl (C=O) groups excluding carboxylic acids is 1. The number of benzene rings is 3. The monoisotopic (exact) mass is 610 g/mol. The summed E-state index contributed by atoms with van der Waals surface area (Å²) in [5, 5.41) is 10.9. The zero-order chi connectivity index (χ0) is 32.3. The second kappa shape index (κ2) is 15.8. The third-order valence-corrected chi connectivity index (χ3v) is 7.79. The normalized spacial score (nSPS) is 12.8. The number of anilines is 3. The third kappa shape index (κ3) is 8.43. The summed E-state index contributed by atoms with van der Waals surface area (Å²) in [7, 11) is 9.54. The molecule has 0 aliphatic heterocycles. The predicted octanol–water partition coefficient (Wildman–Crippen LogP) is 4.66. The van der Waals surface area contributed by atoms with E-state index in [9.17, 15) is 4.79 Å². The highest BCUT2D eigenvalue weighted by Crippen LogP contribution is 2.37. The summed E-state index contributed by atoms with van der Waals surface area (Å²) < 4.78 is 5.82. The van der Waals surface area contributed by atoms with Gasteiger partial charge in [-0.3, -0.25) is 9.79 Å². The number of amides is 1. The fourth-order valence-corrected chi connectivity index (χ4v) is 5.13. The van der Waals surface area contributed by atoms with E-state index in [1.807, 2.05) is 94.9 Å². The standard InChI is InChI=1S/C35H46N8O2/c1-24(21-36)34(27-22-38-28-15-11-10-14-26(27)28)40-23-39-30-19-29(32(20-33(30)45-6)43(5)17-16-42(3)4)41-35(44)31(37-2)18-25-12-8-7-9-13-25/h7-15,19-22,31,37-39H,16-18,23,36H2,1-6H3,(H,41,44)/b24-21-,40-34+/t31-/m0/s1. The number of carbonyl (C=O) groups is 1. The SMILES string of the molecule is CN[C@@H](Cc1ccccc1)C(=O)Nc1cc(NC/N=C(\C(C)=C/N)c2c[nH]c3ccccc23)c(OC)cc1N(C)CCN(C)C. The van der Waals surface area contributed by atoms with Gasteiger partial charge in [0.1, 0.15) is 12.4 Å². The lowest BCUT2D eigenvalue weighted by Crippen LogP contribution is -2.40. The molecule has 10 heteroatoms. The van der Waals surface area contributed by atoms with Gasteiger partial charge in [0.05, 0.1) is 35.9 Å². The highest BCUT2D eigenvalue weighted by Gasteiger charge is 2.21. The fraction of sp³-hybridized carbons (Fsp3) is 0.314. The molecule has 0 spiro atoms. The zero-order valence-electron chi connectivity index (χ0n) is 27.1. The molecule has 1 heterocycles. The van der Waals surface area contributed by atoms with Crippen molar-refractivity contribution >= 4 is 39.6 Å². The van der Waals surface area contributed by atoms with E-state index in [1.165, 1.54) is 0 Å². The number of nitrogens with zero attached hydrogens (tertiary/aromatic N) is 3. The average molecular weight is 611 g/mol. The summed E-state index contributed by atoms with van der Waals surface area (Å²) in [6, 6.07) is 21.5. The number of H-pyrrole nitrogens is 1. The minimum atomic E-state index is -0.416. The van der Waals surface area contributed by atoms with E-state index in [0.29, 0.717) is 23.5 Å². The molecule has 0 saturated heterocycles. The molecule has 238 valence electrons. The first-order chi connectivity index (χ1) is 21.7. The minimum absolute atomic E-state index is 0.122. The summed E-state index contributed by atoms with van der Waals surface area (Å²) in [6.45, 7) is 3.81. The van der Waals surface area contributed by atoms with Gasteiger partial charge >= 0.3 is 0 Å². The van der Waals surface area contributed by atoms with Gasteiger partial charge in [0.25, 0.3) is 0 Å². The van der Waals surface area contributed by atoms with Crippen molar-refractivity contribution in [2.75, 3.05) is 70.6 Å². The maximum Gasteiger partial charge on any atom is 0.241 e. The molecule has 45 heavy (non-hydrogen) atoms. The van der Waals surface area contributed by atoms with Crippen LogP contribution in [0.15, 0.2) is 89.7 Å². The van der Waals surface area contributed by atoms with Gasteiger partial charge < -0.3 is 41.2 Å². The van der Waals surface area contributed by atoms with Crippen LogP contribution in [-0.4, -0.2) is 82.6 Å². The Hall–Kier alpha value is -4.80. The largest absolute Gasteiger partial charge is 0.495 e. The van der Waals surface area contributed by atoms with Crippen molar-refractivity contribution < 1.29 is 9.53 Å². The molecule has 4 rings (SSSR count). The van der Waals surface area contributed by atoms with Crippen molar-refractivity contribution in [1.29, 1.82) is 0 Å². The topological polar surface area (TPSA) is 123 Å². The van der Waals surface area contributed by atoms with Crippen LogP contribution in [-0.2, 0) is 11.2 Å². The van der Waals surface area contributed by atoms with Crippen LogP contribution in [0.3, 0.4) is 0 Å². The fourth-order valence-electron chi connectivity index (χ4n) is 5.13. The maximum atomic E-state index is 13.6. The molecule has 1 amide bonds. The van der Waals surface area contributed by atoms with Crippen LogP contribution in [0.4, 0.5) is 17.1 Å². The van der Waals surface area contributed by atoms with Gasteiger partial charge in [0, 0.05) is 48.9 Å². The Bertz CT molecular complexity index is 1630. The molecular formula is C35H46N8O2. The molecule has 1 aromatic heterocycles. The number of methoxy groups -OCH3 is 1. The number of para-hydroxylation sites is 1. The lowest BCUT2D eigenvalue weighted by Gasteiger charge is -2.27. The number of nitrogens with one attached hydrogen (secondary N) is 4. The van der Waals surface area contributed by atoms with E-state index in [4.69, 9.17) is 15.5 Å². The van der Waals surface area contributed by atoms with Crippen molar-refractivity contribution in [3.8, 4) is 5.75 Å². The van der Waals surface area contributed by atoms with E-state index in [2.05, 4.69) is 36.8 Å². The van der Waals surface area contributed by atoms with Gasteiger partial charge in [-0.15, -0.1) is 0 Å². The Morgan fingerprint density at radius 1 is 1.04 bits per heavy atom. The second-order valence-electron chi connectivity index (χ2n) is 11.3. The van der Waals surface area contributed by atoms with E-state index < -0.39 is 6.04 Å². The van der Waals surface area contributed by atoms with Crippen LogP contribution in [0, 0.1) is 0 Å². The van der Waals surface area contributed by atoms with Crippen molar-refractivity contribution in [2.24, 2.45) is 10.7 Å². The summed E-state index contributed by atoms with van der Waals surface area (Å²) in [5.41, 5.74) is 12.9. The molecule has 4 aromatic rings. The van der Waals surface area contributed by atoms with Crippen LogP contribution in [0.1, 0.15) is 18.1 Å². The van der Waals surface area contributed by atoms with Gasteiger partial charge in [-0.1, -0.05) is 48.5 Å². The molecular weight excluding hydrogens is 564 g/mol. The number of fused-ring (bicyclic) bond motifs is 1. The average Bonchev–Trinajstić information content (AvgIpc) is 3.48. The first kappa shape index (κ1) is 33.1. The summed E-state index contributed by atoms with van der Waals surface area (Å²) >= 11 is 0. The van der Waals surface area contributed by atoms with E-state index in [0.717, 1.165) is 52.1 Å². The number of allylic oxidation sites excluding steroid dienone is 1. The van der Waals surface area contributed by atoms with Crippen molar-refractivity contribution in [1.82, 2.24) is 15.2 Å². The Morgan fingerprint density at radius 3 is 2.47 bits per heavy atom. The Labute approximate surface area is 266 Å². The number of rotatable bonds is 15. The minimum Gasteiger partial charge on any atom is -0.495 e. The van der Waals surface area contributed by atoms with E-state index in [1.54, 1.807) is 20.4 Å². The Morgan fingerprint density at radius 2 is 1.78 bits per heavy atom. The number of aromatic nitrogens is 1. The van der Waals surface area contributed by atoms with Gasteiger partial charge in [-0.25, -0.2) is 0 Å². The Kier molecular flexibility index (Phi) is 11.6. The number of ether oxygens (including phenoxy) is 1. The van der Waals surface area contributed by atoms with Crippen molar-refractivity contribution in [3.05, 3.63) is 95.8 Å². The summed E-state index contributed by atoms with van der Waals surface area (Å²) in [4.78, 5) is 26.1. The summed E-state index contributed by atoms with van der Waals surface area (Å²) in [5.74, 6) is 0.521. The first-order valence-electron chi connectivity index (χ1n) is 15.1. The van der Waals surface area contributed by atoms with Crippen LogP contribution >= 0.6 is 0 Å². The van der Waals surface area contributed by atoms with Gasteiger partial charge in [-0.2, -0.15) is 0 Å². The molecule has 0 unspecified atom stereocenters. The van der Waals surface area contributed by atoms with Gasteiger partial charge in [-0.05, 0) is 64.0 Å². The molecule has 0 aliphatic rings. The number of nitrogens with two attached hydrogens (primary N) is 1. The van der Waals surface area contributed by atoms with Crippen LogP contribution in [0.2, 0.25) is 0 Å². The molecule has 0 saturated carbocycles. The highest BCUT2D eigenvalue weighted by molar-refractivity contribution is 6.19. The zero-order valence-corrected chi connectivity index (χ0v) is 27.1. The lowest BCUT2D eigenvalue weighted by molar-refractivity contribution is -0.118. The van der Waals surface area contributed by atoms with Gasteiger partial charge in [0.15, 0.2) is 0 Å². The predicted molar refractivity (Wildman–Crippen MR) is 188 cm³/mol. The van der Waals surface area contributed by atoms with E-state index in [-0.39, 0.29) is 12.6 Å². The molecule has 0 radical (unpaired) electrons. The first-order valence-corrected chi connectivity index (χ1v) is 15.1. The van der Waals surface area contributed by atoms with Crippen molar-refractivity contribution in [3.63, 3.8) is 0 Å². The quantitative estimate of drug-likeness (QED) is 0.124. The molecule has 10 nitrogen and oxygen atoms in total. The number of aliphatic imine (C=N–C) groups is 1. The second-order valence-corrected chi connectivity index (χ2v) is 11.3. The molecule has 1 atom stereocenters. The summed E-state index contributed by atoms with van der Waals surface area (Å²) in [6.07, 6.45) is 4.09. The van der Waals surface area contributed by atoms with Crippen LogP contribution in [0.5, 0.6) is 5.75 Å². The third-order valence-electron chi connectivity index (χ3n) is 7.79. The smallest absolute Gasteiger partial charge is 0.241 e. The van der Waals surface area contributed by atoms with Gasteiger partial charge in [0.2, 0.25) is 5.91 Å². The molecule has 3 aromatic carbocycles. The van der Waals surface area contributed by atoms with Crippen molar-refractivity contribution in [2.45, 2.75) is 19.4 Å². The number of hydrogen-bond donors (Lipinski definition) is 5. The Balaban J connectivity index is 1.65. The number of likely N-dealkylation sites (N-methyl/N-ethyl adjacent to an activating group) is 3. The van der Waals surface area contributed by atoms with E-state index >= 15 is 0 Å². The van der Waals surface area contributed by atoms with Crippen LogP contribution in [0.25, 0.3) is 10.9 Å². The molecule has 0 bridgehead atoms.